The normalized spacial score (nSPS) is 24.0. The highest BCUT2D eigenvalue weighted by molar-refractivity contribution is 5.84. The fourth-order valence-corrected chi connectivity index (χ4v) is 1.35. The van der Waals surface area contributed by atoms with Gasteiger partial charge in [-0.25, -0.2) is 4.79 Å². The van der Waals surface area contributed by atoms with Crippen molar-refractivity contribution in [2.24, 2.45) is 5.92 Å². The first-order chi connectivity index (χ1) is 6.85. The first kappa shape index (κ1) is 12.0. The first-order valence-corrected chi connectivity index (χ1v) is 4.54. The molecule has 0 aromatic carbocycles. The van der Waals surface area contributed by atoms with Crippen LogP contribution in [0.1, 0.15) is 13.3 Å². The lowest BCUT2D eigenvalue weighted by Crippen LogP contribution is -2.49. The van der Waals surface area contributed by atoms with Crippen molar-refractivity contribution in [3.8, 4) is 0 Å². The van der Waals surface area contributed by atoms with Gasteiger partial charge in [-0.3, -0.25) is 0 Å². The van der Waals surface area contributed by atoms with E-state index in [1.54, 1.807) is 0 Å². The predicted octanol–water partition coefficient (Wildman–Crippen LogP) is -0.947. The molecular formula is C9H14O6. The predicted molar refractivity (Wildman–Crippen MR) is 48.6 cm³/mol. The Morgan fingerprint density at radius 3 is 2.60 bits per heavy atom. The van der Waals surface area contributed by atoms with Gasteiger partial charge >= 0.3 is 5.97 Å². The van der Waals surface area contributed by atoms with Crippen LogP contribution in [0.4, 0.5) is 0 Å². The number of carboxylic acids is 1. The molecule has 0 bridgehead atoms. The molecule has 4 N–H and O–H groups in total. The minimum absolute atomic E-state index is 0.138. The van der Waals surface area contributed by atoms with Gasteiger partial charge in [0.15, 0.2) is 11.5 Å². The third kappa shape index (κ3) is 2.47. The Hall–Kier alpha value is -1.11. The molecule has 0 radical (unpaired) electrons. The number of allylic oxidation sites excluding steroid dienone is 1. The van der Waals surface area contributed by atoms with Crippen molar-refractivity contribution in [1.29, 1.82) is 0 Å². The summed E-state index contributed by atoms with van der Waals surface area (Å²) < 4.78 is 4.82. The van der Waals surface area contributed by atoms with E-state index in [4.69, 9.17) is 14.9 Å². The number of hydrogen-bond donors (Lipinski definition) is 4. The lowest BCUT2D eigenvalue weighted by molar-refractivity contribution is -0.259. The highest BCUT2D eigenvalue weighted by atomic mass is 16.5. The Morgan fingerprint density at radius 2 is 2.27 bits per heavy atom. The van der Waals surface area contributed by atoms with Gasteiger partial charge in [0.2, 0.25) is 0 Å². The summed E-state index contributed by atoms with van der Waals surface area (Å²) in [5.41, 5.74) is 0. The Balaban J connectivity index is 2.69. The summed E-state index contributed by atoms with van der Waals surface area (Å²) in [6, 6.07) is 0. The van der Waals surface area contributed by atoms with E-state index in [2.05, 4.69) is 0 Å². The molecule has 0 aromatic rings. The van der Waals surface area contributed by atoms with Crippen molar-refractivity contribution in [2.45, 2.75) is 25.2 Å². The van der Waals surface area contributed by atoms with Crippen LogP contribution in [0.25, 0.3) is 0 Å². The molecule has 0 aromatic heterocycles. The minimum Gasteiger partial charge on any atom is -0.486 e. The van der Waals surface area contributed by atoms with E-state index in [1.807, 2.05) is 0 Å². The number of rotatable bonds is 3. The molecule has 6 heteroatoms. The van der Waals surface area contributed by atoms with Crippen molar-refractivity contribution < 1.29 is 30.0 Å². The molecule has 0 spiro atoms. The fourth-order valence-electron chi connectivity index (χ4n) is 1.35. The van der Waals surface area contributed by atoms with E-state index in [9.17, 15) is 15.0 Å². The number of aliphatic hydroxyl groups excluding tert-OH is 1. The van der Waals surface area contributed by atoms with E-state index in [1.165, 1.54) is 13.0 Å². The Morgan fingerprint density at radius 1 is 1.67 bits per heavy atom. The molecule has 0 fully saturated rings. The average Bonchev–Trinajstić information content (AvgIpc) is 2.17. The summed E-state index contributed by atoms with van der Waals surface area (Å²) in [6.45, 7) is 1.10. The number of carboxylic acid groups (broad SMARTS) is 1. The largest absolute Gasteiger partial charge is 0.486 e. The van der Waals surface area contributed by atoms with Crippen molar-refractivity contribution in [2.75, 3.05) is 6.61 Å². The fraction of sp³-hybridized carbons (Fsp3) is 0.667. The molecule has 1 heterocycles. The third-order valence-corrected chi connectivity index (χ3v) is 2.45. The first-order valence-electron chi connectivity index (χ1n) is 4.54. The van der Waals surface area contributed by atoms with Gasteiger partial charge in [-0.15, -0.1) is 0 Å². The summed E-state index contributed by atoms with van der Waals surface area (Å²) >= 11 is 0. The van der Waals surface area contributed by atoms with Crippen LogP contribution in [-0.2, 0) is 9.53 Å². The van der Waals surface area contributed by atoms with Crippen LogP contribution < -0.4 is 0 Å². The van der Waals surface area contributed by atoms with Crippen LogP contribution in [0.2, 0.25) is 0 Å². The SMILES string of the molecule is CC(O)C(O)(O)C1CC=C(C(=O)O)OC1. The maximum absolute atomic E-state index is 10.5. The number of hydrogen-bond acceptors (Lipinski definition) is 5. The highest BCUT2D eigenvalue weighted by Gasteiger charge is 2.41. The summed E-state index contributed by atoms with van der Waals surface area (Å²) in [6.07, 6.45) is 0.0745. The van der Waals surface area contributed by atoms with Crippen LogP contribution in [-0.4, -0.2) is 44.9 Å². The minimum atomic E-state index is -2.26. The number of aliphatic hydroxyl groups is 3. The summed E-state index contributed by atoms with van der Waals surface area (Å²) in [5.74, 6) is -4.39. The number of aliphatic carboxylic acids is 1. The van der Waals surface area contributed by atoms with Gasteiger partial charge in [0.25, 0.3) is 0 Å². The van der Waals surface area contributed by atoms with Crippen molar-refractivity contribution >= 4 is 5.97 Å². The molecule has 0 saturated heterocycles. The summed E-state index contributed by atoms with van der Waals surface area (Å²) in [4.78, 5) is 10.5. The second-order valence-corrected chi connectivity index (χ2v) is 3.58. The van der Waals surface area contributed by atoms with Gasteiger partial charge in [-0.1, -0.05) is 0 Å². The zero-order valence-electron chi connectivity index (χ0n) is 8.25. The molecule has 6 nitrogen and oxygen atoms in total. The molecule has 1 rings (SSSR count). The second kappa shape index (κ2) is 4.18. The zero-order chi connectivity index (χ0) is 11.6. The van der Waals surface area contributed by atoms with E-state index < -0.39 is 23.8 Å². The van der Waals surface area contributed by atoms with Crippen molar-refractivity contribution in [1.82, 2.24) is 0 Å². The highest BCUT2D eigenvalue weighted by Crippen LogP contribution is 2.27. The zero-order valence-corrected chi connectivity index (χ0v) is 8.25. The van der Waals surface area contributed by atoms with Gasteiger partial charge in [0, 0.05) is 0 Å². The quantitative estimate of drug-likeness (QED) is 0.455. The van der Waals surface area contributed by atoms with Crippen LogP contribution in [0.5, 0.6) is 0 Å². The molecule has 2 atom stereocenters. The monoisotopic (exact) mass is 218 g/mol. The molecule has 0 aliphatic carbocycles. The number of ether oxygens (including phenoxy) is 1. The molecule has 86 valence electrons. The van der Waals surface area contributed by atoms with Crippen LogP contribution in [0.3, 0.4) is 0 Å². The molecule has 0 saturated carbocycles. The smallest absolute Gasteiger partial charge is 0.370 e. The molecule has 0 amide bonds. The lowest BCUT2D eigenvalue weighted by atomic mass is 9.90. The maximum atomic E-state index is 10.5. The molecule has 1 aliphatic rings. The van der Waals surface area contributed by atoms with E-state index >= 15 is 0 Å². The Bertz CT molecular complexity index is 280. The maximum Gasteiger partial charge on any atom is 0.370 e. The van der Waals surface area contributed by atoms with Crippen molar-refractivity contribution in [3.63, 3.8) is 0 Å². The summed E-state index contributed by atoms with van der Waals surface area (Å²) in [5, 5.41) is 36.7. The average molecular weight is 218 g/mol. The van der Waals surface area contributed by atoms with E-state index in [0.717, 1.165) is 0 Å². The van der Waals surface area contributed by atoms with E-state index in [0.29, 0.717) is 0 Å². The van der Waals surface area contributed by atoms with Crippen LogP contribution in [0, 0.1) is 5.92 Å². The number of carbonyl (C=O) groups is 1. The van der Waals surface area contributed by atoms with Gasteiger partial charge < -0.3 is 25.2 Å². The van der Waals surface area contributed by atoms with Crippen LogP contribution in [0.15, 0.2) is 11.8 Å². The molecule has 2 unspecified atom stereocenters. The molecule has 1 aliphatic heterocycles. The van der Waals surface area contributed by atoms with Gasteiger partial charge in [-0.2, -0.15) is 0 Å². The van der Waals surface area contributed by atoms with Gasteiger partial charge in [-0.05, 0) is 19.4 Å². The Labute approximate surface area is 86.4 Å². The van der Waals surface area contributed by atoms with Crippen molar-refractivity contribution in [3.05, 3.63) is 11.8 Å². The third-order valence-electron chi connectivity index (χ3n) is 2.45. The van der Waals surface area contributed by atoms with E-state index in [-0.39, 0.29) is 18.8 Å². The van der Waals surface area contributed by atoms with Crippen LogP contribution >= 0.6 is 0 Å². The topological polar surface area (TPSA) is 107 Å². The molecule has 15 heavy (non-hydrogen) atoms. The molecular weight excluding hydrogens is 204 g/mol. The standard InChI is InChI=1S/C9H14O6/c1-5(10)9(13,14)6-2-3-7(8(11)12)15-4-6/h3,5-6,10,13-14H,2,4H2,1H3,(H,11,12). The summed E-state index contributed by atoms with van der Waals surface area (Å²) in [7, 11) is 0. The lowest BCUT2D eigenvalue weighted by Gasteiger charge is -2.34. The van der Waals surface area contributed by atoms with Gasteiger partial charge in [0.05, 0.1) is 12.5 Å². The Kier molecular flexibility index (Phi) is 3.33. The second-order valence-electron chi connectivity index (χ2n) is 3.58. The van der Waals surface area contributed by atoms with Gasteiger partial charge in [0.1, 0.15) is 6.10 Å².